The van der Waals surface area contributed by atoms with Gasteiger partial charge in [-0.05, 0) is 37.8 Å². The molecule has 0 aliphatic heterocycles. The standard InChI is InChI=1S/C16H16F3N5O/c17-16(18,19)10-6-2-4-8-12(10)21-14(20)24-15-22-11-7-3-1-5-9(11)13(25)23-15/h2,4,6,8H,1,3,5,7H2,(H4,20,21,22,23,24,25). The number of aromatic amines is 1. The number of guanidine groups is 1. The molecule has 9 heteroatoms. The average Bonchev–Trinajstić information content (AvgIpc) is 2.54. The maximum Gasteiger partial charge on any atom is 0.418 e. The molecule has 1 aliphatic rings. The maximum atomic E-state index is 13.0. The van der Waals surface area contributed by atoms with Crippen molar-refractivity contribution in [1.82, 2.24) is 9.97 Å². The van der Waals surface area contributed by atoms with E-state index in [0.29, 0.717) is 24.1 Å². The predicted octanol–water partition coefficient (Wildman–Crippen LogP) is 2.73. The number of hydrogen-bond donors (Lipinski definition) is 3. The predicted molar refractivity (Wildman–Crippen MR) is 87.8 cm³/mol. The number of halogens is 3. The first-order valence-electron chi connectivity index (χ1n) is 7.74. The highest BCUT2D eigenvalue weighted by Gasteiger charge is 2.33. The Bertz CT molecular complexity index is 873. The van der Waals surface area contributed by atoms with Crippen molar-refractivity contribution in [2.45, 2.75) is 31.9 Å². The van der Waals surface area contributed by atoms with Crippen LogP contribution in [-0.4, -0.2) is 15.9 Å². The van der Waals surface area contributed by atoms with Gasteiger partial charge in [0.15, 0.2) is 0 Å². The van der Waals surface area contributed by atoms with Crippen molar-refractivity contribution >= 4 is 17.6 Å². The summed E-state index contributed by atoms with van der Waals surface area (Å²) in [5.74, 6) is -0.323. The minimum Gasteiger partial charge on any atom is -0.369 e. The molecule has 1 heterocycles. The number of nitrogens with one attached hydrogen (secondary N) is 2. The van der Waals surface area contributed by atoms with Gasteiger partial charge in [-0.2, -0.15) is 18.2 Å². The lowest BCUT2D eigenvalue weighted by Gasteiger charge is -2.14. The molecule has 0 spiro atoms. The van der Waals surface area contributed by atoms with Crippen LogP contribution in [0.5, 0.6) is 0 Å². The molecule has 1 aliphatic carbocycles. The lowest BCUT2D eigenvalue weighted by molar-refractivity contribution is -0.136. The van der Waals surface area contributed by atoms with E-state index in [4.69, 9.17) is 5.73 Å². The largest absolute Gasteiger partial charge is 0.418 e. The molecule has 0 fully saturated rings. The first-order valence-corrected chi connectivity index (χ1v) is 7.74. The Labute approximate surface area is 141 Å². The maximum absolute atomic E-state index is 13.0. The highest BCUT2D eigenvalue weighted by Crippen LogP contribution is 2.34. The third-order valence-electron chi connectivity index (χ3n) is 3.90. The van der Waals surface area contributed by atoms with Crippen LogP contribution in [0.3, 0.4) is 0 Å². The summed E-state index contributed by atoms with van der Waals surface area (Å²) >= 11 is 0. The number of anilines is 1. The van der Waals surface area contributed by atoms with Gasteiger partial charge in [-0.3, -0.25) is 9.78 Å². The number of aliphatic imine (C=N–C) groups is 1. The second-order valence-corrected chi connectivity index (χ2v) is 5.69. The van der Waals surface area contributed by atoms with Crippen molar-refractivity contribution in [3.05, 3.63) is 51.4 Å². The molecule has 0 saturated heterocycles. The first-order chi connectivity index (χ1) is 11.8. The van der Waals surface area contributed by atoms with Crippen LogP contribution in [0.2, 0.25) is 0 Å². The lowest BCUT2D eigenvalue weighted by Crippen LogP contribution is -2.25. The Kier molecular flexibility index (Phi) is 4.47. The normalized spacial score (nSPS) is 14.9. The number of benzene rings is 1. The molecule has 0 radical (unpaired) electrons. The van der Waals surface area contributed by atoms with Crippen molar-refractivity contribution < 1.29 is 13.2 Å². The Hall–Kier alpha value is -2.84. The molecule has 0 atom stereocenters. The Balaban J connectivity index is 1.89. The second kappa shape index (κ2) is 6.58. The zero-order valence-corrected chi connectivity index (χ0v) is 13.2. The van der Waals surface area contributed by atoms with E-state index in [9.17, 15) is 18.0 Å². The SMILES string of the molecule is NC(=Nc1nc2c(c(=O)[nH]1)CCCC2)Nc1ccccc1C(F)(F)F. The van der Waals surface area contributed by atoms with E-state index in [0.717, 1.165) is 18.9 Å². The molecule has 4 N–H and O–H groups in total. The van der Waals surface area contributed by atoms with Crippen molar-refractivity contribution in [3.63, 3.8) is 0 Å². The molecule has 0 unspecified atom stereocenters. The van der Waals surface area contributed by atoms with Gasteiger partial charge in [-0.1, -0.05) is 12.1 Å². The summed E-state index contributed by atoms with van der Waals surface area (Å²) in [7, 11) is 0. The molecule has 0 saturated carbocycles. The van der Waals surface area contributed by atoms with Crippen LogP contribution >= 0.6 is 0 Å². The van der Waals surface area contributed by atoms with E-state index in [2.05, 4.69) is 20.3 Å². The van der Waals surface area contributed by atoms with E-state index < -0.39 is 11.7 Å². The van der Waals surface area contributed by atoms with E-state index >= 15 is 0 Å². The number of alkyl halides is 3. The molecule has 132 valence electrons. The molecule has 0 amide bonds. The fourth-order valence-electron chi connectivity index (χ4n) is 2.76. The van der Waals surface area contributed by atoms with Crippen LogP contribution in [0.15, 0.2) is 34.1 Å². The number of nitrogens with two attached hydrogens (primary N) is 1. The van der Waals surface area contributed by atoms with Crippen molar-refractivity contribution in [2.75, 3.05) is 5.32 Å². The number of fused-ring (bicyclic) bond motifs is 1. The summed E-state index contributed by atoms with van der Waals surface area (Å²) < 4.78 is 39.0. The average molecular weight is 351 g/mol. The summed E-state index contributed by atoms with van der Waals surface area (Å²) in [6.07, 6.45) is -1.33. The van der Waals surface area contributed by atoms with E-state index in [1.54, 1.807) is 0 Å². The number of nitrogens with zero attached hydrogens (tertiary/aromatic N) is 2. The van der Waals surface area contributed by atoms with Crippen molar-refractivity contribution in [2.24, 2.45) is 10.7 Å². The van der Waals surface area contributed by atoms with Crippen molar-refractivity contribution in [3.8, 4) is 0 Å². The molecule has 2 aromatic rings. The fourth-order valence-corrected chi connectivity index (χ4v) is 2.76. The molecule has 1 aromatic heterocycles. The summed E-state index contributed by atoms with van der Waals surface area (Å²) in [4.78, 5) is 22.7. The molecule has 0 bridgehead atoms. The quantitative estimate of drug-likeness (QED) is 0.572. The van der Waals surface area contributed by atoms with Gasteiger partial charge >= 0.3 is 6.18 Å². The minimum atomic E-state index is -4.53. The number of aryl methyl sites for hydroxylation is 1. The number of H-pyrrole nitrogens is 1. The number of hydrogen-bond acceptors (Lipinski definition) is 3. The summed E-state index contributed by atoms with van der Waals surface area (Å²) in [5.41, 5.74) is 5.62. The number of rotatable bonds is 2. The third kappa shape index (κ3) is 3.81. The Morgan fingerprint density at radius 1 is 1.24 bits per heavy atom. The highest BCUT2D eigenvalue weighted by atomic mass is 19.4. The number of para-hydroxylation sites is 1. The van der Waals surface area contributed by atoms with Gasteiger partial charge < -0.3 is 11.1 Å². The zero-order valence-electron chi connectivity index (χ0n) is 13.2. The van der Waals surface area contributed by atoms with Gasteiger partial charge in [-0.25, -0.2) is 4.98 Å². The Morgan fingerprint density at radius 2 is 1.96 bits per heavy atom. The van der Waals surface area contributed by atoms with Gasteiger partial charge in [0.1, 0.15) is 0 Å². The summed E-state index contributed by atoms with van der Waals surface area (Å²) in [5, 5.41) is 2.41. The summed E-state index contributed by atoms with van der Waals surface area (Å²) in [6.45, 7) is 0. The molecule has 25 heavy (non-hydrogen) atoms. The van der Waals surface area contributed by atoms with Crippen LogP contribution < -0.4 is 16.6 Å². The number of aromatic nitrogens is 2. The Morgan fingerprint density at radius 3 is 2.72 bits per heavy atom. The van der Waals surface area contributed by atoms with E-state index in [1.807, 2.05) is 0 Å². The van der Waals surface area contributed by atoms with Crippen LogP contribution in [0.1, 0.15) is 29.7 Å². The van der Waals surface area contributed by atoms with Gasteiger partial charge in [0.25, 0.3) is 5.56 Å². The van der Waals surface area contributed by atoms with Gasteiger partial charge in [-0.15, -0.1) is 0 Å². The second-order valence-electron chi connectivity index (χ2n) is 5.69. The first kappa shape index (κ1) is 17.0. The molecule has 1 aromatic carbocycles. The van der Waals surface area contributed by atoms with Gasteiger partial charge in [0.05, 0.1) is 16.9 Å². The van der Waals surface area contributed by atoms with E-state index in [1.165, 1.54) is 18.2 Å². The van der Waals surface area contributed by atoms with Crippen LogP contribution in [0.4, 0.5) is 24.8 Å². The van der Waals surface area contributed by atoms with Crippen LogP contribution in [0.25, 0.3) is 0 Å². The summed E-state index contributed by atoms with van der Waals surface area (Å²) in [6, 6.07) is 4.91. The van der Waals surface area contributed by atoms with Crippen molar-refractivity contribution in [1.29, 1.82) is 0 Å². The van der Waals surface area contributed by atoms with E-state index in [-0.39, 0.29) is 23.2 Å². The molecular weight excluding hydrogens is 335 g/mol. The van der Waals surface area contributed by atoms with Gasteiger partial charge in [0.2, 0.25) is 11.9 Å². The fraction of sp³-hybridized carbons (Fsp3) is 0.312. The lowest BCUT2D eigenvalue weighted by atomic mass is 9.97. The smallest absolute Gasteiger partial charge is 0.369 e. The van der Waals surface area contributed by atoms with Gasteiger partial charge in [0, 0.05) is 5.56 Å². The van der Waals surface area contributed by atoms with Crippen LogP contribution in [0, 0.1) is 0 Å². The third-order valence-corrected chi connectivity index (χ3v) is 3.90. The highest BCUT2D eigenvalue weighted by molar-refractivity contribution is 5.94. The zero-order chi connectivity index (χ0) is 18.0. The van der Waals surface area contributed by atoms with Crippen LogP contribution in [-0.2, 0) is 19.0 Å². The molecular formula is C16H16F3N5O. The monoisotopic (exact) mass is 351 g/mol. The minimum absolute atomic E-state index is 0.0276. The molecule has 3 rings (SSSR count). The topological polar surface area (TPSA) is 96.2 Å². The molecule has 6 nitrogen and oxygen atoms in total.